The van der Waals surface area contributed by atoms with Crippen molar-refractivity contribution in [1.29, 1.82) is 0 Å². The van der Waals surface area contributed by atoms with E-state index in [9.17, 15) is 0 Å². The lowest BCUT2D eigenvalue weighted by Crippen LogP contribution is -2.36. The molecule has 1 saturated carbocycles. The molecule has 3 rings (SSSR count). The van der Waals surface area contributed by atoms with Gasteiger partial charge < -0.3 is 5.73 Å². The summed E-state index contributed by atoms with van der Waals surface area (Å²) in [6.07, 6.45) is 3.52. The minimum Gasteiger partial charge on any atom is -0.379 e. The topological polar surface area (TPSA) is 38.4 Å². The van der Waals surface area contributed by atoms with Gasteiger partial charge in [0.1, 0.15) is 0 Å². The zero-order chi connectivity index (χ0) is 12.8. The molecule has 1 heterocycles. The highest BCUT2D eigenvalue weighted by molar-refractivity contribution is 9.10. The Morgan fingerprint density at radius 1 is 1.44 bits per heavy atom. The van der Waals surface area contributed by atoms with E-state index >= 15 is 0 Å². The second-order valence-corrected chi connectivity index (χ2v) is 7.32. The summed E-state index contributed by atoms with van der Waals surface area (Å²) < 4.78 is 1.01. The average Bonchev–Trinajstić information content (AvgIpc) is 2.71. The van der Waals surface area contributed by atoms with Gasteiger partial charge in [0.15, 0.2) is 5.17 Å². The predicted molar refractivity (Wildman–Crippen MR) is 82.3 cm³/mol. The van der Waals surface area contributed by atoms with E-state index in [1.165, 1.54) is 18.4 Å². The molecule has 2 atom stereocenters. The first kappa shape index (κ1) is 12.8. The van der Waals surface area contributed by atoms with Gasteiger partial charge in [-0.25, -0.2) is 0 Å². The summed E-state index contributed by atoms with van der Waals surface area (Å²) in [7, 11) is 0. The van der Waals surface area contributed by atoms with Gasteiger partial charge in [-0.2, -0.15) is 0 Å². The third kappa shape index (κ3) is 2.08. The van der Waals surface area contributed by atoms with Crippen LogP contribution in [0.5, 0.6) is 0 Å². The quantitative estimate of drug-likeness (QED) is 0.830. The zero-order valence-electron chi connectivity index (χ0n) is 9.83. The first-order valence-electron chi connectivity index (χ1n) is 6.05. The van der Waals surface area contributed by atoms with Gasteiger partial charge >= 0.3 is 0 Å². The number of thioether (sulfide) groups is 1. The molecule has 2 N–H and O–H groups in total. The van der Waals surface area contributed by atoms with E-state index in [1.54, 1.807) is 11.8 Å². The molecule has 0 spiro atoms. The molecule has 5 heteroatoms. The van der Waals surface area contributed by atoms with Crippen molar-refractivity contribution < 1.29 is 0 Å². The summed E-state index contributed by atoms with van der Waals surface area (Å²) in [5, 5.41) is 1.47. The molecule has 0 amide bonds. The predicted octanol–water partition coefficient (Wildman–Crippen LogP) is 4.16. The Bertz CT molecular complexity index is 499. The van der Waals surface area contributed by atoms with Gasteiger partial charge in [-0.05, 0) is 42.5 Å². The Labute approximate surface area is 125 Å². The molecule has 1 aliphatic carbocycles. The lowest BCUT2D eigenvalue weighted by Gasteiger charge is -2.36. The van der Waals surface area contributed by atoms with E-state index in [2.05, 4.69) is 22.0 Å². The van der Waals surface area contributed by atoms with Crippen LogP contribution in [0, 0.1) is 5.92 Å². The summed E-state index contributed by atoms with van der Waals surface area (Å²) in [5.41, 5.74) is 7.02. The van der Waals surface area contributed by atoms with Gasteiger partial charge in [-0.1, -0.05) is 45.7 Å². The second-order valence-electron chi connectivity index (χ2n) is 4.93. The van der Waals surface area contributed by atoms with Crippen molar-refractivity contribution in [2.45, 2.75) is 24.8 Å². The normalized spacial score (nSPS) is 31.0. The molecule has 1 aromatic carbocycles. The standard InChI is InChI=1S/C13H14BrClN2S/c14-10-4-9(5-11(15)6-10)13-3-1-2-8(13)7-18-12(16)17-13/h4-6,8H,1-3,7H2,(H2,16,17). The zero-order valence-corrected chi connectivity index (χ0v) is 13.0. The number of halogens is 2. The van der Waals surface area contributed by atoms with Gasteiger partial charge in [0.2, 0.25) is 0 Å². The third-order valence-corrected chi connectivity index (χ3v) is 5.52. The fourth-order valence-corrected chi connectivity index (χ4v) is 4.99. The summed E-state index contributed by atoms with van der Waals surface area (Å²) in [4.78, 5) is 4.81. The summed E-state index contributed by atoms with van der Waals surface area (Å²) in [6, 6.07) is 6.09. The lowest BCUT2D eigenvalue weighted by molar-refractivity contribution is 0.355. The van der Waals surface area contributed by atoms with Crippen LogP contribution in [0.25, 0.3) is 0 Å². The van der Waals surface area contributed by atoms with Crippen LogP contribution in [-0.4, -0.2) is 10.9 Å². The number of benzene rings is 1. The molecular weight excluding hydrogens is 332 g/mol. The third-order valence-electron chi connectivity index (χ3n) is 3.89. The number of hydrogen-bond donors (Lipinski definition) is 1. The molecule has 2 nitrogen and oxygen atoms in total. The largest absolute Gasteiger partial charge is 0.379 e. The Morgan fingerprint density at radius 2 is 2.28 bits per heavy atom. The minimum atomic E-state index is -0.136. The van der Waals surface area contributed by atoms with Crippen molar-refractivity contribution in [1.82, 2.24) is 0 Å². The van der Waals surface area contributed by atoms with Crippen LogP contribution in [0.2, 0.25) is 5.02 Å². The van der Waals surface area contributed by atoms with E-state index in [4.69, 9.17) is 22.3 Å². The average molecular weight is 346 g/mol. The van der Waals surface area contributed by atoms with Crippen LogP contribution in [0.1, 0.15) is 24.8 Å². The van der Waals surface area contributed by atoms with Crippen LogP contribution in [-0.2, 0) is 5.54 Å². The van der Waals surface area contributed by atoms with E-state index < -0.39 is 0 Å². The first-order chi connectivity index (χ1) is 8.60. The Morgan fingerprint density at radius 3 is 3.06 bits per heavy atom. The van der Waals surface area contributed by atoms with Crippen molar-refractivity contribution in [3.8, 4) is 0 Å². The van der Waals surface area contributed by atoms with Crippen LogP contribution in [0.3, 0.4) is 0 Å². The van der Waals surface area contributed by atoms with E-state index in [0.29, 0.717) is 11.1 Å². The highest BCUT2D eigenvalue weighted by Crippen LogP contribution is 2.51. The molecule has 18 heavy (non-hydrogen) atoms. The van der Waals surface area contributed by atoms with Crippen molar-refractivity contribution in [3.05, 3.63) is 33.3 Å². The highest BCUT2D eigenvalue weighted by atomic mass is 79.9. The highest BCUT2D eigenvalue weighted by Gasteiger charge is 2.46. The van der Waals surface area contributed by atoms with E-state index in [0.717, 1.165) is 21.7 Å². The maximum atomic E-state index is 6.18. The van der Waals surface area contributed by atoms with Gasteiger partial charge in [0.05, 0.1) is 5.54 Å². The Kier molecular flexibility index (Phi) is 3.37. The van der Waals surface area contributed by atoms with Crippen LogP contribution in [0.4, 0.5) is 0 Å². The maximum Gasteiger partial charge on any atom is 0.154 e. The molecule has 1 fully saturated rings. The van der Waals surface area contributed by atoms with Gasteiger partial charge in [0, 0.05) is 15.2 Å². The second kappa shape index (κ2) is 4.73. The first-order valence-corrected chi connectivity index (χ1v) is 8.20. The molecule has 0 radical (unpaired) electrons. The van der Waals surface area contributed by atoms with Crippen molar-refractivity contribution in [3.63, 3.8) is 0 Å². The molecular formula is C13H14BrClN2S. The van der Waals surface area contributed by atoms with Crippen molar-refractivity contribution in [2.75, 3.05) is 5.75 Å². The van der Waals surface area contributed by atoms with Crippen LogP contribution in [0.15, 0.2) is 27.7 Å². The number of hydrogen-bond acceptors (Lipinski definition) is 3. The Balaban J connectivity index is 2.14. The van der Waals surface area contributed by atoms with Crippen LogP contribution >= 0.6 is 39.3 Å². The SMILES string of the molecule is NC1=NC2(c3cc(Cl)cc(Br)c3)CCCC2CS1. The number of aliphatic imine (C=N–C) groups is 1. The smallest absolute Gasteiger partial charge is 0.154 e. The molecule has 2 unspecified atom stereocenters. The maximum absolute atomic E-state index is 6.18. The number of amidine groups is 1. The Hall–Kier alpha value is -0.190. The lowest BCUT2D eigenvalue weighted by atomic mass is 9.82. The fourth-order valence-electron chi connectivity index (χ4n) is 3.09. The molecule has 0 saturated heterocycles. The van der Waals surface area contributed by atoms with Gasteiger partial charge in [0.25, 0.3) is 0 Å². The summed E-state index contributed by atoms with van der Waals surface area (Å²) >= 11 is 11.4. The van der Waals surface area contributed by atoms with Crippen LogP contribution < -0.4 is 5.73 Å². The molecule has 1 aliphatic heterocycles. The number of nitrogens with zero attached hydrogens (tertiary/aromatic N) is 1. The summed E-state index contributed by atoms with van der Waals surface area (Å²) in [5.74, 6) is 1.65. The number of nitrogens with two attached hydrogens (primary N) is 1. The monoisotopic (exact) mass is 344 g/mol. The van der Waals surface area contributed by atoms with Crippen molar-refractivity contribution >= 4 is 44.5 Å². The van der Waals surface area contributed by atoms with Crippen molar-refractivity contribution in [2.24, 2.45) is 16.6 Å². The van der Waals surface area contributed by atoms with Gasteiger partial charge in [-0.15, -0.1) is 0 Å². The molecule has 1 aromatic rings. The molecule has 0 aromatic heterocycles. The molecule has 2 aliphatic rings. The van der Waals surface area contributed by atoms with E-state index in [-0.39, 0.29) is 5.54 Å². The summed E-state index contributed by atoms with van der Waals surface area (Å²) in [6.45, 7) is 0. The van der Waals surface area contributed by atoms with E-state index in [1.807, 2.05) is 12.1 Å². The number of rotatable bonds is 1. The molecule has 96 valence electrons. The van der Waals surface area contributed by atoms with Gasteiger partial charge in [-0.3, -0.25) is 4.99 Å². The number of fused-ring (bicyclic) bond motifs is 1. The molecule has 0 bridgehead atoms. The fraction of sp³-hybridized carbons (Fsp3) is 0.462. The minimum absolute atomic E-state index is 0.136.